The van der Waals surface area contributed by atoms with Crippen molar-refractivity contribution in [2.45, 2.75) is 57.6 Å². The minimum absolute atomic E-state index is 0.133. The van der Waals surface area contributed by atoms with Crippen LogP contribution >= 0.6 is 22.9 Å². The van der Waals surface area contributed by atoms with Crippen molar-refractivity contribution in [1.29, 1.82) is 0 Å². The Hall–Kier alpha value is -2.99. The van der Waals surface area contributed by atoms with E-state index in [2.05, 4.69) is 10.3 Å². The Morgan fingerprint density at radius 3 is 2.66 bits per heavy atom. The highest BCUT2D eigenvalue weighted by atomic mass is 35.5. The molecule has 1 atom stereocenters. The minimum Gasteiger partial charge on any atom is -0.387 e. The lowest BCUT2D eigenvalue weighted by Gasteiger charge is -2.31. The summed E-state index contributed by atoms with van der Waals surface area (Å²) in [4.78, 5) is 24.7. The van der Waals surface area contributed by atoms with Gasteiger partial charge in [0.25, 0.3) is 12.9 Å². The molecule has 0 saturated carbocycles. The van der Waals surface area contributed by atoms with Gasteiger partial charge in [-0.15, -0.1) is 11.3 Å². The highest BCUT2D eigenvalue weighted by molar-refractivity contribution is 7.10. The van der Waals surface area contributed by atoms with Crippen LogP contribution in [0.1, 0.15) is 77.4 Å². The molecule has 4 heterocycles. The van der Waals surface area contributed by atoms with E-state index in [1.807, 2.05) is 30.5 Å². The molecule has 0 bridgehead atoms. The quantitative estimate of drug-likeness (QED) is 0.307. The van der Waals surface area contributed by atoms with Crippen molar-refractivity contribution < 1.29 is 27.2 Å². The van der Waals surface area contributed by atoms with Crippen LogP contribution in [0.15, 0.2) is 34.8 Å². The van der Waals surface area contributed by atoms with Gasteiger partial charge in [-0.3, -0.25) is 9.48 Å². The van der Waals surface area contributed by atoms with Gasteiger partial charge in [-0.25, -0.2) is 22.5 Å². The Balaban J connectivity index is 1.18. The number of thiazole rings is 1. The van der Waals surface area contributed by atoms with Crippen molar-refractivity contribution in [3.8, 4) is 0 Å². The fourth-order valence-electron chi connectivity index (χ4n) is 4.81. The first kappa shape index (κ1) is 26.6. The van der Waals surface area contributed by atoms with Crippen LogP contribution in [0.5, 0.6) is 0 Å². The standard InChI is InChI=1S/C25H24ClF4N5O2S/c1-13-3-2-4-15(26)22(13)20-10-16(33-37-20)18-12-38-25(31-18)14-5-7-34(8-6-14)21(36)11-35-19(24(29)30)9-17(32-35)23(27)28/h2-4,9,12,14,20,23-24H,5-8,10-11H2,1H3. The van der Waals surface area contributed by atoms with E-state index >= 15 is 0 Å². The van der Waals surface area contributed by atoms with E-state index in [0.29, 0.717) is 48.1 Å². The SMILES string of the molecule is Cc1cccc(Cl)c1C1CC(c2csc(C3CCN(C(=O)Cn4nc(C(F)F)cc4C(F)F)CC3)n2)=NO1. The average molecular weight is 570 g/mol. The number of aromatic nitrogens is 3. The van der Waals surface area contributed by atoms with Gasteiger partial charge in [0.05, 0.1) is 10.7 Å². The van der Waals surface area contributed by atoms with Gasteiger partial charge in [0, 0.05) is 41.4 Å². The Labute approximate surface area is 225 Å². The van der Waals surface area contributed by atoms with Crippen LogP contribution in [0.2, 0.25) is 5.02 Å². The molecule has 0 spiro atoms. The lowest BCUT2D eigenvalue weighted by Crippen LogP contribution is -2.40. The number of likely N-dealkylation sites (tertiary alicyclic amines) is 1. The zero-order chi connectivity index (χ0) is 27.0. The lowest BCUT2D eigenvalue weighted by molar-refractivity contribution is -0.133. The lowest BCUT2D eigenvalue weighted by atomic mass is 9.97. The first-order valence-corrected chi connectivity index (χ1v) is 13.3. The number of oxime groups is 1. The third kappa shape index (κ3) is 5.42. The number of rotatable bonds is 7. The van der Waals surface area contributed by atoms with Crippen LogP contribution in [0, 0.1) is 6.92 Å². The van der Waals surface area contributed by atoms with Gasteiger partial charge in [-0.1, -0.05) is 28.9 Å². The van der Waals surface area contributed by atoms with Crippen LogP contribution in [0.4, 0.5) is 17.6 Å². The number of carbonyl (C=O) groups excluding carboxylic acids is 1. The fraction of sp³-hybridized carbons (Fsp3) is 0.440. The molecule has 1 unspecified atom stereocenters. The smallest absolute Gasteiger partial charge is 0.282 e. The maximum atomic E-state index is 13.2. The van der Waals surface area contributed by atoms with E-state index < -0.39 is 36.7 Å². The van der Waals surface area contributed by atoms with Gasteiger partial charge < -0.3 is 9.74 Å². The molecule has 2 aliphatic rings. The van der Waals surface area contributed by atoms with Gasteiger partial charge in [0.2, 0.25) is 5.91 Å². The Morgan fingerprint density at radius 2 is 1.97 bits per heavy atom. The number of hydrogen-bond donors (Lipinski definition) is 0. The van der Waals surface area contributed by atoms with E-state index in [-0.39, 0.29) is 12.0 Å². The minimum atomic E-state index is -3.01. The molecule has 38 heavy (non-hydrogen) atoms. The monoisotopic (exact) mass is 569 g/mol. The molecule has 1 amide bonds. The summed E-state index contributed by atoms with van der Waals surface area (Å²) >= 11 is 7.91. The summed E-state index contributed by atoms with van der Waals surface area (Å²) in [5, 5.41) is 11.3. The van der Waals surface area contributed by atoms with E-state index in [1.165, 1.54) is 11.3 Å². The molecule has 3 aromatic rings. The summed E-state index contributed by atoms with van der Waals surface area (Å²) < 4.78 is 53.0. The number of aryl methyl sites for hydroxylation is 1. The summed E-state index contributed by atoms with van der Waals surface area (Å²) in [6, 6.07) is 6.35. The number of piperidine rings is 1. The molecule has 2 aliphatic heterocycles. The average Bonchev–Trinajstić information content (AvgIpc) is 3.64. The second kappa shape index (κ2) is 11.0. The van der Waals surface area contributed by atoms with Crippen LogP contribution in [-0.2, 0) is 16.2 Å². The molecule has 0 N–H and O–H groups in total. The molecule has 2 aromatic heterocycles. The predicted molar refractivity (Wildman–Crippen MR) is 134 cm³/mol. The van der Waals surface area contributed by atoms with E-state index in [1.54, 1.807) is 4.90 Å². The summed E-state index contributed by atoms with van der Waals surface area (Å²) in [6.45, 7) is 2.28. The van der Waals surface area contributed by atoms with Crippen LogP contribution in [0.25, 0.3) is 0 Å². The molecule has 7 nitrogen and oxygen atoms in total. The largest absolute Gasteiger partial charge is 0.387 e. The zero-order valence-electron chi connectivity index (χ0n) is 20.3. The molecule has 1 aromatic carbocycles. The molecule has 1 saturated heterocycles. The molecule has 0 aliphatic carbocycles. The molecule has 202 valence electrons. The Bertz CT molecular complexity index is 1330. The maximum Gasteiger partial charge on any atom is 0.282 e. The van der Waals surface area contributed by atoms with Gasteiger partial charge in [-0.05, 0) is 37.5 Å². The number of hydrogen-bond acceptors (Lipinski definition) is 6. The Morgan fingerprint density at radius 1 is 1.21 bits per heavy atom. The van der Waals surface area contributed by atoms with E-state index in [4.69, 9.17) is 21.4 Å². The van der Waals surface area contributed by atoms with Crippen molar-refractivity contribution in [1.82, 2.24) is 19.7 Å². The molecular formula is C25H24ClF4N5O2S. The molecule has 1 fully saturated rings. The van der Waals surface area contributed by atoms with Crippen LogP contribution in [-0.4, -0.2) is 44.4 Å². The molecule has 13 heteroatoms. The maximum absolute atomic E-state index is 13.2. The summed E-state index contributed by atoms with van der Waals surface area (Å²) in [5.74, 6) is -0.304. The van der Waals surface area contributed by atoms with Gasteiger partial charge in [0.15, 0.2) is 6.10 Å². The third-order valence-electron chi connectivity index (χ3n) is 6.84. The second-order valence-electron chi connectivity index (χ2n) is 9.29. The van der Waals surface area contributed by atoms with Crippen molar-refractivity contribution in [2.75, 3.05) is 13.1 Å². The predicted octanol–water partition coefficient (Wildman–Crippen LogP) is 6.45. The third-order valence-corrected chi connectivity index (χ3v) is 8.18. The molecular weight excluding hydrogens is 546 g/mol. The number of halogens is 5. The number of carbonyl (C=O) groups is 1. The van der Waals surface area contributed by atoms with Crippen molar-refractivity contribution in [2.24, 2.45) is 5.16 Å². The summed E-state index contributed by atoms with van der Waals surface area (Å²) in [7, 11) is 0. The van der Waals surface area contributed by atoms with Crippen molar-refractivity contribution >= 4 is 34.6 Å². The highest BCUT2D eigenvalue weighted by Crippen LogP contribution is 2.37. The number of nitrogens with zero attached hydrogens (tertiary/aromatic N) is 5. The van der Waals surface area contributed by atoms with Gasteiger partial charge >= 0.3 is 0 Å². The Kier molecular flexibility index (Phi) is 7.71. The van der Waals surface area contributed by atoms with E-state index in [9.17, 15) is 22.4 Å². The number of benzene rings is 1. The van der Waals surface area contributed by atoms with E-state index in [0.717, 1.165) is 27.5 Å². The van der Waals surface area contributed by atoms with Gasteiger partial charge in [0.1, 0.15) is 23.6 Å². The number of amides is 1. The van der Waals surface area contributed by atoms with Crippen LogP contribution in [0.3, 0.4) is 0 Å². The van der Waals surface area contributed by atoms with Gasteiger partial charge in [-0.2, -0.15) is 5.10 Å². The fourth-order valence-corrected chi connectivity index (χ4v) is 6.15. The number of alkyl halides is 4. The zero-order valence-corrected chi connectivity index (χ0v) is 21.9. The van der Waals surface area contributed by atoms with Crippen molar-refractivity contribution in [3.63, 3.8) is 0 Å². The molecule has 0 radical (unpaired) electrons. The summed E-state index contributed by atoms with van der Waals surface area (Å²) in [6.07, 6.45) is -4.42. The first-order valence-electron chi connectivity index (χ1n) is 12.1. The summed E-state index contributed by atoms with van der Waals surface area (Å²) in [5.41, 5.74) is 2.00. The molecule has 5 rings (SSSR count). The normalized spacial score (nSPS) is 18.4. The first-order chi connectivity index (χ1) is 18.2. The topological polar surface area (TPSA) is 72.6 Å². The highest BCUT2D eigenvalue weighted by Gasteiger charge is 2.31. The second-order valence-corrected chi connectivity index (χ2v) is 10.6. The van der Waals surface area contributed by atoms with Crippen molar-refractivity contribution in [3.05, 3.63) is 67.9 Å². The van der Waals surface area contributed by atoms with Crippen LogP contribution < -0.4 is 0 Å².